The fourth-order valence-electron chi connectivity index (χ4n) is 2.37. The Bertz CT molecular complexity index is 997. The van der Waals surface area contributed by atoms with Crippen molar-refractivity contribution >= 4 is 17.6 Å². The third-order valence-electron chi connectivity index (χ3n) is 3.66. The molecule has 0 aliphatic rings. The van der Waals surface area contributed by atoms with Crippen molar-refractivity contribution in [2.45, 2.75) is 6.92 Å². The Hall–Kier alpha value is -3.06. The Morgan fingerprint density at radius 3 is 2.43 bits per heavy atom. The SMILES string of the molecule is CCOC(=O)COc1cc(-c2ccc(Cl)c(F)c2)nc(-c2ccc(F)cc2)n1. The van der Waals surface area contributed by atoms with E-state index in [9.17, 15) is 13.6 Å². The average molecular weight is 405 g/mol. The number of esters is 1. The quantitative estimate of drug-likeness (QED) is 0.558. The molecule has 0 aliphatic heterocycles. The number of carbonyl (C=O) groups is 1. The first-order chi connectivity index (χ1) is 13.5. The highest BCUT2D eigenvalue weighted by atomic mass is 35.5. The zero-order valence-electron chi connectivity index (χ0n) is 14.8. The fraction of sp³-hybridized carbons (Fsp3) is 0.150. The second kappa shape index (κ2) is 8.75. The number of rotatable bonds is 6. The predicted molar refractivity (Wildman–Crippen MR) is 100.0 cm³/mol. The molecule has 2 aromatic carbocycles. The van der Waals surface area contributed by atoms with Gasteiger partial charge in [0, 0.05) is 17.2 Å². The van der Waals surface area contributed by atoms with Crippen molar-refractivity contribution in [3.05, 3.63) is 65.2 Å². The summed E-state index contributed by atoms with van der Waals surface area (Å²) in [5.41, 5.74) is 1.32. The van der Waals surface area contributed by atoms with Gasteiger partial charge in [0.25, 0.3) is 0 Å². The van der Waals surface area contributed by atoms with Crippen molar-refractivity contribution < 1.29 is 23.0 Å². The lowest BCUT2D eigenvalue weighted by Gasteiger charge is -2.10. The maximum Gasteiger partial charge on any atom is 0.344 e. The summed E-state index contributed by atoms with van der Waals surface area (Å²) in [6.45, 7) is 1.56. The van der Waals surface area contributed by atoms with E-state index in [-0.39, 0.29) is 29.9 Å². The second-order valence-corrected chi connectivity index (χ2v) is 6.05. The normalized spacial score (nSPS) is 10.6. The van der Waals surface area contributed by atoms with Gasteiger partial charge in [-0.05, 0) is 43.3 Å². The van der Waals surface area contributed by atoms with Crippen LogP contribution in [0.1, 0.15) is 6.92 Å². The first-order valence-electron chi connectivity index (χ1n) is 8.35. The number of hydrogen-bond acceptors (Lipinski definition) is 5. The van der Waals surface area contributed by atoms with Gasteiger partial charge in [-0.15, -0.1) is 0 Å². The summed E-state index contributed by atoms with van der Waals surface area (Å²) in [4.78, 5) is 20.2. The monoisotopic (exact) mass is 404 g/mol. The van der Waals surface area contributed by atoms with Crippen LogP contribution in [0.3, 0.4) is 0 Å². The van der Waals surface area contributed by atoms with Crippen molar-refractivity contribution in [3.8, 4) is 28.5 Å². The Labute approximate surface area is 164 Å². The van der Waals surface area contributed by atoms with Gasteiger partial charge in [-0.2, -0.15) is 4.98 Å². The molecule has 3 rings (SSSR count). The third kappa shape index (κ3) is 4.80. The molecule has 0 amide bonds. The standard InChI is InChI=1S/C20H15ClF2N2O3/c1-2-27-19(26)11-28-18-10-17(13-5-8-15(21)16(23)9-13)24-20(25-18)12-3-6-14(22)7-4-12/h3-10H,2,11H2,1H3. The van der Waals surface area contributed by atoms with Gasteiger partial charge in [0.2, 0.25) is 5.88 Å². The number of carbonyl (C=O) groups excluding carboxylic acids is 1. The van der Waals surface area contributed by atoms with Crippen LogP contribution < -0.4 is 4.74 Å². The molecule has 0 aliphatic carbocycles. The summed E-state index contributed by atoms with van der Waals surface area (Å²) in [6, 6.07) is 11.3. The van der Waals surface area contributed by atoms with Crippen molar-refractivity contribution in [1.29, 1.82) is 0 Å². The third-order valence-corrected chi connectivity index (χ3v) is 3.97. The number of aromatic nitrogens is 2. The molecule has 8 heteroatoms. The molecule has 1 aromatic heterocycles. The Morgan fingerprint density at radius 1 is 1.04 bits per heavy atom. The first kappa shape index (κ1) is 19.7. The van der Waals surface area contributed by atoms with Crippen LogP contribution in [0.2, 0.25) is 5.02 Å². The summed E-state index contributed by atoms with van der Waals surface area (Å²) >= 11 is 5.74. The summed E-state index contributed by atoms with van der Waals surface area (Å²) in [5.74, 6) is -1.24. The van der Waals surface area contributed by atoms with Crippen LogP contribution >= 0.6 is 11.6 Å². The van der Waals surface area contributed by atoms with Gasteiger partial charge >= 0.3 is 5.97 Å². The number of halogens is 3. The topological polar surface area (TPSA) is 61.3 Å². The highest BCUT2D eigenvalue weighted by Crippen LogP contribution is 2.28. The molecule has 0 radical (unpaired) electrons. The van der Waals surface area contributed by atoms with Crippen LogP contribution in [0, 0.1) is 11.6 Å². The molecular formula is C20H15ClF2N2O3. The van der Waals surface area contributed by atoms with Crippen molar-refractivity contribution in [2.75, 3.05) is 13.2 Å². The van der Waals surface area contributed by atoms with E-state index < -0.39 is 17.6 Å². The van der Waals surface area contributed by atoms with Gasteiger partial charge in [0.05, 0.1) is 17.3 Å². The van der Waals surface area contributed by atoms with Crippen LogP contribution in [0.15, 0.2) is 48.5 Å². The molecule has 0 N–H and O–H groups in total. The van der Waals surface area contributed by atoms with Crippen LogP contribution in [0.5, 0.6) is 5.88 Å². The lowest BCUT2D eigenvalue weighted by atomic mass is 10.1. The minimum atomic E-state index is -0.602. The van der Waals surface area contributed by atoms with Gasteiger partial charge in [-0.3, -0.25) is 0 Å². The minimum absolute atomic E-state index is 0.0182. The van der Waals surface area contributed by atoms with Crippen molar-refractivity contribution in [3.63, 3.8) is 0 Å². The van der Waals surface area contributed by atoms with E-state index in [4.69, 9.17) is 21.1 Å². The van der Waals surface area contributed by atoms with Crippen LogP contribution in [0.4, 0.5) is 8.78 Å². The van der Waals surface area contributed by atoms with E-state index in [0.29, 0.717) is 16.8 Å². The molecule has 0 fully saturated rings. The van der Waals surface area contributed by atoms with E-state index in [1.165, 1.54) is 42.5 Å². The van der Waals surface area contributed by atoms with Gasteiger partial charge in [0.15, 0.2) is 12.4 Å². The van der Waals surface area contributed by atoms with E-state index in [2.05, 4.69) is 9.97 Å². The molecule has 0 spiro atoms. The molecule has 0 saturated heterocycles. The summed E-state index contributed by atoms with van der Waals surface area (Å²) < 4.78 is 37.3. The van der Waals surface area contributed by atoms with Crippen molar-refractivity contribution in [2.24, 2.45) is 0 Å². The maximum absolute atomic E-state index is 13.9. The summed E-state index contributed by atoms with van der Waals surface area (Å²) in [7, 11) is 0. The Morgan fingerprint density at radius 2 is 1.75 bits per heavy atom. The van der Waals surface area contributed by atoms with Crippen LogP contribution in [0.25, 0.3) is 22.6 Å². The molecule has 144 valence electrons. The van der Waals surface area contributed by atoms with Gasteiger partial charge in [0.1, 0.15) is 11.6 Å². The molecule has 0 unspecified atom stereocenters. The maximum atomic E-state index is 13.9. The largest absolute Gasteiger partial charge is 0.466 e. The van der Waals surface area contributed by atoms with Gasteiger partial charge in [-0.1, -0.05) is 17.7 Å². The number of ether oxygens (including phenoxy) is 2. The Kier molecular flexibility index (Phi) is 6.16. The minimum Gasteiger partial charge on any atom is -0.466 e. The Balaban J connectivity index is 2.01. The molecule has 1 heterocycles. The molecule has 0 atom stereocenters. The number of benzene rings is 2. The molecule has 28 heavy (non-hydrogen) atoms. The van der Waals surface area contributed by atoms with Gasteiger partial charge < -0.3 is 9.47 Å². The predicted octanol–water partition coefficient (Wildman–Crippen LogP) is 4.68. The van der Waals surface area contributed by atoms with E-state index >= 15 is 0 Å². The lowest BCUT2D eigenvalue weighted by Crippen LogP contribution is -2.15. The fourth-order valence-corrected chi connectivity index (χ4v) is 2.48. The molecule has 0 bridgehead atoms. The van der Waals surface area contributed by atoms with Crippen molar-refractivity contribution in [1.82, 2.24) is 9.97 Å². The van der Waals surface area contributed by atoms with Crippen LogP contribution in [-0.4, -0.2) is 29.2 Å². The number of hydrogen-bond donors (Lipinski definition) is 0. The molecule has 3 aromatic rings. The summed E-state index contributed by atoms with van der Waals surface area (Å²) in [6.07, 6.45) is 0. The summed E-state index contributed by atoms with van der Waals surface area (Å²) in [5, 5.41) is -0.0182. The average Bonchev–Trinajstić information content (AvgIpc) is 2.69. The molecule has 0 saturated carbocycles. The first-order valence-corrected chi connectivity index (χ1v) is 8.73. The highest BCUT2D eigenvalue weighted by molar-refractivity contribution is 6.30. The van der Waals surface area contributed by atoms with E-state index in [0.717, 1.165) is 0 Å². The zero-order valence-corrected chi connectivity index (χ0v) is 15.5. The zero-order chi connectivity index (χ0) is 20.1. The molecular weight excluding hydrogens is 390 g/mol. The van der Waals surface area contributed by atoms with Gasteiger partial charge in [-0.25, -0.2) is 18.6 Å². The smallest absolute Gasteiger partial charge is 0.344 e. The number of nitrogens with zero attached hydrogens (tertiary/aromatic N) is 2. The second-order valence-electron chi connectivity index (χ2n) is 5.64. The molecule has 5 nitrogen and oxygen atoms in total. The van der Waals surface area contributed by atoms with E-state index in [1.54, 1.807) is 13.0 Å². The van der Waals surface area contributed by atoms with Crippen LogP contribution in [-0.2, 0) is 9.53 Å². The highest BCUT2D eigenvalue weighted by Gasteiger charge is 2.13. The van der Waals surface area contributed by atoms with E-state index in [1.807, 2.05) is 0 Å². The lowest BCUT2D eigenvalue weighted by molar-refractivity contribution is -0.145.